The van der Waals surface area contributed by atoms with Crippen molar-refractivity contribution in [3.05, 3.63) is 0 Å². The van der Waals surface area contributed by atoms with Crippen molar-refractivity contribution >= 4 is 18.3 Å². The Kier molecular flexibility index (Phi) is 8.71. The van der Waals surface area contributed by atoms with Crippen LogP contribution < -0.4 is 10.6 Å². The molecule has 4 nitrogen and oxygen atoms in total. The Morgan fingerprint density at radius 2 is 1.85 bits per heavy atom. The van der Waals surface area contributed by atoms with Crippen LogP contribution in [0, 0.1) is 5.92 Å². The fourth-order valence-corrected chi connectivity index (χ4v) is 2.62. The summed E-state index contributed by atoms with van der Waals surface area (Å²) in [5.74, 6) is 0.975. The average Bonchev–Trinajstić information content (AvgIpc) is 2.34. The van der Waals surface area contributed by atoms with Gasteiger partial charge < -0.3 is 10.6 Å². The van der Waals surface area contributed by atoms with Crippen LogP contribution in [0.4, 0.5) is 0 Å². The Morgan fingerprint density at radius 3 is 2.30 bits per heavy atom. The summed E-state index contributed by atoms with van der Waals surface area (Å²) in [6.45, 7) is 11.3. The molecular weight excluding hydrogens is 274 g/mol. The van der Waals surface area contributed by atoms with Gasteiger partial charge in [-0.15, -0.1) is 12.4 Å². The molecule has 1 aliphatic rings. The normalized spacial score (nSPS) is 19.2. The molecule has 5 heteroatoms. The van der Waals surface area contributed by atoms with Gasteiger partial charge in [0.25, 0.3) is 0 Å². The minimum atomic E-state index is -0.142. The zero-order valence-electron chi connectivity index (χ0n) is 13.7. The van der Waals surface area contributed by atoms with Gasteiger partial charge in [0.2, 0.25) is 5.91 Å². The lowest BCUT2D eigenvalue weighted by atomic mass is 9.92. The topological polar surface area (TPSA) is 44.4 Å². The summed E-state index contributed by atoms with van der Waals surface area (Å²) in [6, 6.07) is -0.00975. The summed E-state index contributed by atoms with van der Waals surface area (Å²) in [5.41, 5.74) is -0.142. The molecule has 1 atom stereocenters. The number of carbonyl (C=O) groups is 1. The highest BCUT2D eigenvalue weighted by Crippen LogP contribution is 2.21. The highest BCUT2D eigenvalue weighted by molar-refractivity contribution is 5.85. The lowest BCUT2D eigenvalue weighted by Crippen LogP contribution is -2.52. The van der Waals surface area contributed by atoms with Gasteiger partial charge in [-0.1, -0.05) is 0 Å². The van der Waals surface area contributed by atoms with E-state index in [1.165, 1.54) is 19.3 Å². The van der Waals surface area contributed by atoms with E-state index in [4.69, 9.17) is 0 Å². The Labute approximate surface area is 130 Å². The van der Waals surface area contributed by atoms with Gasteiger partial charge in [0.1, 0.15) is 0 Å². The van der Waals surface area contributed by atoms with Gasteiger partial charge >= 0.3 is 0 Å². The molecule has 0 saturated carbocycles. The van der Waals surface area contributed by atoms with Crippen LogP contribution in [0.5, 0.6) is 0 Å². The average molecular weight is 306 g/mol. The molecule has 1 rings (SSSR count). The molecule has 0 spiro atoms. The molecule has 1 saturated heterocycles. The standard InChI is InChI=1S/C15H31N3O.ClH/c1-12(14(19)17-15(2,3)4)18-10-7-13(8-11-18)6-9-16-5;/h12-13,16H,6-11H2,1-5H3,(H,17,19);1H. The predicted octanol–water partition coefficient (Wildman–Crippen LogP) is 2.03. The fourth-order valence-electron chi connectivity index (χ4n) is 2.62. The van der Waals surface area contributed by atoms with E-state index in [9.17, 15) is 4.79 Å². The minimum Gasteiger partial charge on any atom is -0.350 e. The molecule has 0 radical (unpaired) electrons. The molecule has 20 heavy (non-hydrogen) atoms. The van der Waals surface area contributed by atoms with Gasteiger partial charge in [-0.25, -0.2) is 0 Å². The van der Waals surface area contributed by atoms with Crippen LogP contribution in [0.3, 0.4) is 0 Å². The number of likely N-dealkylation sites (tertiary alicyclic amines) is 1. The smallest absolute Gasteiger partial charge is 0.237 e. The SMILES string of the molecule is CNCCC1CCN(C(C)C(=O)NC(C)(C)C)CC1.Cl. The largest absolute Gasteiger partial charge is 0.350 e. The summed E-state index contributed by atoms with van der Waals surface area (Å²) in [6.07, 6.45) is 3.69. The number of carbonyl (C=O) groups excluding carboxylic acids is 1. The monoisotopic (exact) mass is 305 g/mol. The van der Waals surface area contributed by atoms with Crippen LogP contribution in [0.25, 0.3) is 0 Å². The second-order valence-electron chi connectivity index (χ2n) is 6.79. The first-order chi connectivity index (χ1) is 8.83. The van der Waals surface area contributed by atoms with Crippen LogP contribution >= 0.6 is 12.4 Å². The van der Waals surface area contributed by atoms with Crippen LogP contribution in [0.1, 0.15) is 47.0 Å². The molecule has 2 N–H and O–H groups in total. The van der Waals surface area contributed by atoms with E-state index >= 15 is 0 Å². The molecule has 0 bridgehead atoms. The van der Waals surface area contributed by atoms with Crippen molar-refractivity contribution in [1.29, 1.82) is 0 Å². The van der Waals surface area contributed by atoms with Crippen molar-refractivity contribution in [3.8, 4) is 0 Å². The lowest BCUT2D eigenvalue weighted by Gasteiger charge is -2.36. The van der Waals surface area contributed by atoms with E-state index in [1.54, 1.807) is 0 Å². The van der Waals surface area contributed by atoms with Crippen LogP contribution in [-0.2, 0) is 4.79 Å². The molecule has 0 aliphatic carbocycles. The van der Waals surface area contributed by atoms with Gasteiger partial charge in [-0.3, -0.25) is 9.69 Å². The summed E-state index contributed by atoms with van der Waals surface area (Å²) >= 11 is 0. The second-order valence-corrected chi connectivity index (χ2v) is 6.79. The van der Waals surface area contributed by atoms with E-state index < -0.39 is 0 Å². The molecule has 1 aliphatic heterocycles. The van der Waals surface area contributed by atoms with E-state index in [2.05, 4.69) is 15.5 Å². The van der Waals surface area contributed by atoms with E-state index in [1.807, 2.05) is 34.7 Å². The lowest BCUT2D eigenvalue weighted by molar-refractivity contribution is -0.127. The first kappa shape index (κ1) is 19.7. The summed E-state index contributed by atoms with van der Waals surface area (Å²) in [7, 11) is 2.01. The van der Waals surface area contributed by atoms with Crippen LogP contribution in [0.2, 0.25) is 0 Å². The number of nitrogens with one attached hydrogen (secondary N) is 2. The zero-order valence-corrected chi connectivity index (χ0v) is 14.5. The van der Waals surface area contributed by atoms with Crippen molar-refractivity contribution in [2.45, 2.75) is 58.5 Å². The maximum absolute atomic E-state index is 12.1. The van der Waals surface area contributed by atoms with E-state index in [-0.39, 0.29) is 29.9 Å². The summed E-state index contributed by atoms with van der Waals surface area (Å²) in [5, 5.41) is 6.29. The second kappa shape index (κ2) is 8.85. The third-order valence-electron chi connectivity index (χ3n) is 3.88. The van der Waals surface area contributed by atoms with Crippen molar-refractivity contribution in [2.75, 3.05) is 26.7 Å². The maximum Gasteiger partial charge on any atom is 0.237 e. The summed E-state index contributed by atoms with van der Waals surface area (Å²) < 4.78 is 0. The molecule has 0 aromatic rings. The van der Waals surface area contributed by atoms with Gasteiger partial charge in [0, 0.05) is 5.54 Å². The number of hydrogen-bond acceptors (Lipinski definition) is 3. The molecule has 0 aromatic carbocycles. The predicted molar refractivity (Wildman–Crippen MR) is 87.4 cm³/mol. The molecule has 120 valence electrons. The molecule has 1 unspecified atom stereocenters. The first-order valence-electron chi connectivity index (χ1n) is 7.54. The van der Waals surface area contributed by atoms with E-state index in [0.717, 1.165) is 25.6 Å². The fraction of sp³-hybridized carbons (Fsp3) is 0.933. The molecule has 1 amide bonds. The number of hydrogen-bond donors (Lipinski definition) is 2. The highest BCUT2D eigenvalue weighted by Gasteiger charge is 2.27. The quantitative estimate of drug-likeness (QED) is 0.817. The third-order valence-corrected chi connectivity index (χ3v) is 3.88. The Bertz CT molecular complexity index is 283. The maximum atomic E-state index is 12.1. The third kappa shape index (κ3) is 6.91. The number of rotatable bonds is 5. The molecular formula is C15H32ClN3O. The Hall–Kier alpha value is -0.320. The van der Waals surface area contributed by atoms with Gasteiger partial charge in [0.15, 0.2) is 0 Å². The van der Waals surface area contributed by atoms with Gasteiger partial charge in [0.05, 0.1) is 6.04 Å². The minimum absolute atomic E-state index is 0. The first-order valence-corrected chi connectivity index (χ1v) is 7.54. The summed E-state index contributed by atoms with van der Waals surface area (Å²) in [4.78, 5) is 14.5. The van der Waals surface area contributed by atoms with E-state index in [0.29, 0.717) is 0 Å². The molecule has 1 fully saturated rings. The number of nitrogens with zero attached hydrogens (tertiary/aromatic N) is 1. The van der Waals surface area contributed by atoms with Crippen LogP contribution in [0.15, 0.2) is 0 Å². The van der Waals surface area contributed by atoms with Gasteiger partial charge in [-0.2, -0.15) is 0 Å². The zero-order chi connectivity index (χ0) is 14.5. The van der Waals surface area contributed by atoms with Crippen molar-refractivity contribution in [3.63, 3.8) is 0 Å². The number of piperidine rings is 1. The van der Waals surface area contributed by atoms with Crippen molar-refractivity contribution in [2.24, 2.45) is 5.92 Å². The molecule has 1 heterocycles. The van der Waals surface area contributed by atoms with Crippen molar-refractivity contribution in [1.82, 2.24) is 15.5 Å². The van der Waals surface area contributed by atoms with Gasteiger partial charge in [-0.05, 0) is 79.6 Å². The van der Waals surface area contributed by atoms with Crippen LogP contribution in [-0.4, -0.2) is 49.1 Å². The number of halogens is 1. The van der Waals surface area contributed by atoms with Crippen molar-refractivity contribution < 1.29 is 4.79 Å². The Balaban J connectivity index is 0.00000361. The Morgan fingerprint density at radius 1 is 1.30 bits per heavy atom. The number of amides is 1. The molecule has 0 aromatic heterocycles. The highest BCUT2D eigenvalue weighted by atomic mass is 35.5.